The Morgan fingerprint density at radius 2 is 2.14 bits per heavy atom. The summed E-state index contributed by atoms with van der Waals surface area (Å²) in [5.41, 5.74) is 0.150. The molecule has 0 radical (unpaired) electrons. The molecular weight excluding hydrogens is 284 g/mol. The van der Waals surface area contributed by atoms with Gasteiger partial charge in [-0.2, -0.15) is 5.10 Å². The number of carboxylic acid groups (broad SMARTS) is 1. The van der Waals surface area contributed by atoms with Crippen LogP contribution in [0.15, 0.2) is 36.8 Å². The summed E-state index contributed by atoms with van der Waals surface area (Å²) in [5.74, 6) is -1.16. The maximum atomic E-state index is 11.9. The molecule has 0 aliphatic carbocycles. The molecule has 2 heterocycles. The number of aromatic nitrogens is 3. The highest BCUT2D eigenvalue weighted by atomic mass is 16.4. The molecule has 116 valence electrons. The molecule has 0 aromatic carbocycles. The number of carbonyl (C=O) groups excluding carboxylic acids is 1. The van der Waals surface area contributed by atoms with Crippen LogP contribution < -0.4 is 5.32 Å². The fourth-order valence-electron chi connectivity index (χ4n) is 1.80. The van der Waals surface area contributed by atoms with Gasteiger partial charge in [-0.25, -0.2) is 4.79 Å². The summed E-state index contributed by atoms with van der Waals surface area (Å²) in [5, 5.41) is 15.8. The van der Waals surface area contributed by atoms with Crippen LogP contribution in [-0.2, 0) is 21.5 Å². The molecule has 0 aliphatic heterocycles. The molecule has 0 spiro atoms. The minimum absolute atomic E-state index is 0.168. The predicted octanol–water partition coefficient (Wildman–Crippen LogP) is 1.67. The number of anilines is 1. The second-order valence-electron chi connectivity index (χ2n) is 5.41. The van der Waals surface area contributed by atoms with Gasteiger partial charge in [0.05, 0.1) is 11.9 Å². The molecule has 2 N–H and O–H groups in total. The average molecular weight is 302 g/mol. The third-order valence-corrected chi connectivity index (χ3v) is 3.30. The normalized spacial score (nSPS) is 11.2. The molecule has 0 saturated carbocycles. The lowest BCUT2D eigenvalue weighted by atomic mass is 10.1. The van der Waals surface area contributed by atoms with Gasteiger partial charge < -0.3 is 10.4 Å². The number of aliphatic carboxylic acids is 1. The van der Waals surface area contributed by atoms with E-state index in [0.29, 0.717) is 18.5 Å². The first-order valence-corrected chi connectivity index (χ1v) is 6.88. The minimum atomic E-state index is -1.17. The highest BCUT2D eigenvalue weighted by Crippen LogP contribution is 2.17. The smallest absolute Gasteiger partial charge is 0.331 e. The van der Waals surface area contributed by atoms with Crippen molar-refractivity contribution in [3.05, 3.63) is 42.5 Å². The summed E-state index contributed by atoms with van der Waals surface area (Å²) in [7, 11) is 0. The van der Waals surface area contributed by atoms with Crippen molar-refractivity contribution >= 4 is 17.6 Å². The van der Waals surface area contributed by atoms with Crippen LogP contribution in [0.25, 0.3) is 0 Å². The summed E-state index contributed by atoms with van der Waals surface area (Å²) in [6.45, 7) is 3.07. The molecule has 2 aromatic rings. The Labute approximate surface area is 128 Å². The zero-order chi connectivity index (χ0) is 16.2. The number of hydrogen-bond donors (Lipinski definition) is 2. The molecule has 2 aromatic heterocycles. The third kappa shape index (κ3) is 3.69. The van der Waals surface area contributed by atoms with Gasteiger partial charge in [0.2, 0.25) is 5.91 Å². The van der Waals surface area contributed by atoms with E-state index < -0.39 is 11.5 Å². The Balaban J connectivity index is 1.93. The van der Waals surface area contributed by atoms with Crippen LogP contribution in [0.3, 0.4) is 0 Å². The van der Waals surface area contributed by atoms with Gasteiger partial charge in [0, 0.05) is 24.5 Å². The fraction of sp³-hybridized carbons (Fsp3) is 0.333. The molecular formula is C15H18N4O3. The second kappa shape index (κ2) is 6.38. The van der Waals surface area contributed by atoms with Gasteiger partial charge >= 0.3 is 5.97 Å². The van der Waals surface area contributed by atoms with Gasteiger partial charge in [0.1, 0.15) is 0 Å². The summed E-state index contributed by atoms with van der Waals surface area (Å²) < 4.78 is 1.31. The lowest BCUT2D eigenvalue weighted by Gasteiger charge is -2.19. The van der Waals surface area contributed by atoms with Crippen LogP contribution in [0.2, 0.25) is 0 Å². The highest BCUT2D eigenvalue weighted by Gasteiger charge is 2.30. The zero-order valence-corrected chi connectivity index (χ0v) is 12.5. The van der Waals surface area contributed by atoms with E-state index in [9.17, 15) is 9.59 Å². The number of pyridine rings is 1. The van der Waals surface area contributed by atoms with Crippen molar-refractivity contribution in [2.45, 2.75) is 32.2 Å². The minimum Gasteiger partial charge on any atom is -0.479 e. The Hall–Kier alpha value is -2.70. The molecule has 0 saturated heterocycles. The number of aryl methyl sites for hydroxylation is 1. The van der Waals surface area contributed by atoms with E-state index in [4.69, 9.17) is 5.11 Å². The van der Waals surface area contributed by atoms with Crippen LogP contribution in [-0.4, -0.2) is 31.7 Å². The van der Waals surface area contributed by atoms with Crippen LogP contribution in [0.5, 0.6) is 0 Å². The van der Waals surface area contributed by atoms with E-state index in [1.807, 2.05) is 18.2 Å². The molecule has 7 heteroatoms. The zero-order valence-electron chi connectivity index (χ0n) is 12.5. The van der Waals surface area contributed by atoms with E-state index in [-0.39, 0.29) is 5.91 Å². The summed E-state index contributed by atoms with van der Waals surface area (Å²) >= 11 is 0. The number of carbonyl (C=O) groups is 2. The molecule has 2 rings (SSSR count). The first-order chi connectivity index (χ1) is 10.4. The van der Waals surface area contributed by atoms with Gasteiger partial charge in [-0.05, 0) is 32.4 Å². The topological polar surface area (TPSA) is 97.1 Å². The van der Waals surface area contributed by atoms with Gasteiger partial charge in [0.25, 0.3) is 0 Å². The lowest BCUT2D eigenvalue weighted by molar-refractivity contribution is -0.146. The van der Waals surface area contributed by atoms with Crippen molar-refractivity contribution in [1.82, 2.24) is 14.8 Å². The fourth-order valence-corrected chi connectivity index (χ4v) is 1.80. The number of amides is 1. The maximum absolute atomic E-state index is 11.9. The van der Waals surface area contributed by atoms with E-state index in [1.54, 1.807) is 6.20 Å². The summed E-state index contributed by atoms with van der Waals surface area (Å²) in [4.78, 5) is 27.2. The van der Waals surface area contributed by atoms with Crippen LogP contribution in [0, 0.1) is 0 Å². The van der Waals surface area contributed by atoms with E-state index in [0.717, 1.165) is 5.69 Å². The van der Waals surface area contributed by atoms with Gasteiger partial charge in [-0.15, -0.1) is 0 Å². The Bertz CT molecular complexity index is 664. The highest BCUT2D eigenvalue weighted by molar-refractivity contribution is 5.90. The van der Waals surface area contributed by atoms with Crippen molar-refractivity contribution in [1.29, 1.82) is 0 Å². The summed E-state index contributed by atoms with van der Waals surface area (Å²) in [6, 6.07) is 5.56. The average Bonchev–Trinajstić information content (AvgIpc) is 2.95. The first kappa shape index (κ1) is 15.7. The SMILES string of the molecule is CC(C)(C(=O)O)n1cc(NC(=O)CCc2ccccn2)cn1. The lowest BCUT2D eigenvalue weighted by Crippen LogP contribution is -2.35. The predicted molar refractivity (Wildman–Crippen MR) is 80.4 cm³/mol. The van der Waals surface area contributed by atoms with Crippen molar-refractivity contribution in [2.75, 3.05) is 5.32 Å². The number of carboxylic acids is 1. The summed E-state index contributed by atoms with van der Waals surface area (Å²) in [6.07, 6.45) is 5.47. The molecule has 0 fully saturated rings. The number of nitrogens with one attached hydrogen (secondary N) is 1. The van der Waals surface area contributed by atoms with Crippen molar-refractivity contribution in [3.8, 4) is 0 Å². The number of hydrogen-bond acceptors (Lipinski definition) is 4. The van der Waals surface area contributed by atoms with E-state index >= 15 is 0 Å². The number of rotatable bonds is 6. The van der Waals surface area contributed by atoms with Crippen LogP contribution >= 0.6 is 0 Å². The largest absolute Gasteiger partial charge is 0.479 e. The van der Waals surface area contributed by atoms with Crippen molar-refractivity contribution in [2.24, 2.45) is 0 Å². The Kier molecular flexibility index (Phi) is 4.55. The van der Waals surface area contributed by atoms with Gasteiger partial charge in [0.15, 0.2) is 5.54 Å². The van der Waals surface area contributed by atoms with Crippen LogP contribution in [0.1, 0.15) is 26.0 Å². The molecule has 1 amide bonds. The molecule has 7 nitrogen and oxygen atoms in total. The van der Waals surface area contributed by atoms with Crippen molar-refractivity contribution in [3.63, 3.8) is 0 Å². The molecule has 0 aliphatic rings. The second-order valence-corrected chi connectivity index (χ2v) is 5.41. The van der Waals surface area contributed by atoms with Crippen molar-refractivity contribution < 1.29 is 14.7 Å². The standard InChI is InChI=1S/C15H18N4O3/c1-15(2,14(21)22)19-10-12(9-17-19)18-13(20)7-6-11-5-3-4-8-16-11/h3-5,8-10H,6-7H2,1-2H3,(H,18,20)(H,21,22). The molecule has 0 bridgehead atoms. The van der Waals surface area contributed by atoms with E-state index in [1.165, 1.54) is 30.9 Å². The third-order valence-electron chi connectivity index (χ3n) is 3.30. The monoisotopic (exact) mass is 302 g/mol. The van der Waals surface area contributed by atoms with Gasteiger partial charge in [-0.3, -0.25) is 14.5 Å². The number of nitrogens with zero attached hydrogens (tertiary/aromatic N) is 3. The Morgan fingerprint density at radius 1 is 1.36 bits per heavy atom. The quantitative estimate of drug-likeness (QED) is 0.846. The molecule has 0 unspecified atom stereocenters. The first-order valence-electron chi connectivity index (χ1n) is 6.88. The maximum Gasteiger partial charge on any atom is 0.331 e. The molecule has 0 atom stereocenters. The Morgan fingerprint density at radius 3 is 2.77 bits per heavy atom. The van der Waals surface area contributed by atoms with Gasteiger partial charge in [-0.1, -0.05) is 6.07 Å². The van der Waals surface area contributed by atoms with Crippen LogP contribution in [0.4, 0.5) is 5.69 Å². The molecule has 22 heavy (non-hydrogen) atoms. The van der Waals surface area contributed by atoms with E-state index in [2.05, 4.69) is 15.4 Å².